The normalized spacial score (nSPS) is 19.5. The minimum absolute atomic E-state index is 0.478. The molecule has 0 radical (unpaired) electrons. The molecule has 1 saturated carbocycles. The van der Waals surface area contributed by atoms with Crippen LogP contribution in [0.15, 0.2) is 0 Å². The van der Waals surface area contributed by atoms with Crippen LogP contribution in [0.2, 0.25) is 0 Å². The molecule has 0 aromatic carbocycles. The first-order chi connectivity index (χ1) is 9.28. The molecule has 4 heteroatoms. The van der Waals surface area contributed by atoms with Crippen LogP contribution < -0.4 is 5.73 Å². The molecule has 3 nitrogen and oxygen atoms in total. The van der Waals surface area contributed by atoms with Gasteiger partial charge in [-0.05, 0) is 66.0 Å². The minimum Gasteiger partial charge on any atom is -0.383 e. The maximum atomic E-state index is 6.10. The zero-order valence-corrected chi connectivity index (χ0v) is 15.2. The van der Waals surface area contributed by atoms with Gasteiger partial charge in [-0.2, -0.15) is 0 Å². The summed E-state index contributed by atoms with van der Waals surface area (Å²) in [5.41, 5.74) is 7.71. The topological polar surface area (TPSA) is 51.8 Å². The zero-order valence-electron chi connectivity index (χ0n) is 13.0. The first-order valence-electron chi connectivity index (χ1n) is 7.60. The molecule has 20 heavy (non-hydrogen) atoms. The van der Waals surface area contributed by atoms with Gasteiger partial charge in [0, 0.05) is 5.92 Å². The number of halogens is 1. The van der Waals surface area contributed by atoms with E-state index in [-0.39, 0.29) is 0 Å². The molecule has 1 heterocycles. The van der Waals surface area contributed by atoms with Gasteiger partial charge >= 0.3 is 0 Å². The Hall–Kier alpha value is -0.390. The third-order valence-corrected chi connectivity index (χ3v) is 5.44. The van der Waals surface area contributed by atoms with E-state index in [4.69, 9.17) is 10.7 Å². The van der Waals surface area contributed by atoms with Crippen molar-refractivity contribution < 1.29 is 0 Å². The van der Waals surface area contributed by atoms with Crippen molar-refractivity contribution >= 4 is 28.4 Å². The van der Waals surface area contributed by atoms with E-state index in [0.717, 1.165) is 21.5 Å². The molecule has 1 aromatic rings. The Labute approximate surface area is 136 Å². The van der Waals surface area contributed by atoms with Crippen LogP contribution in [0.5, 0.6) is 0 Å². The second-order valence-corrected chi connectivity index (χ2v) is 8.34. The Morgan fingerprint density at radius 1 is 1.25 bits per heavy atom. The Bertz CT molecular complexity index is 473. The van der Waals surface area contributed by atoms with Gasteiger partial charge in [0.25, 0.3) is 0 Å². The maximum Gasteiger partial charge on any atom is 0.140 e. The van der Waals surface area contributed by atoms with Crippen LogP contribution in [0.3, 0.4) is 0 Å². The molecule has 2 N–H and O–H groups in total. The van der Waals surface area contributed by atoms with Crippen molar-refractivity contribution in [2.24, 2.45) is 11.3 Å². The molecule has 0 spiro atoms. The van der Waals surface area contributed by atoms with Gasteiger partial charge in [0.1, 0.15) is 11.6 Å². The van der Waals surface area contributed by atoms with Crippen molar-refractivity contribution in [3.05, 3.63) is 15.1 Å². The molecule has 0 amide bonds. The first kappa shape index (κ1) is 16.0. The standard InChI is InChI=1S/C16H26IN3/c1-10(2)9-12-13(17)14(18)20-15(19-12)11-5-7-16(3,4)8-6-11/h10-11H,5-9H2,1-4H3,(H2,18,19,20). The lowest BCUT2D eigenvalue weighted by Gasteiger charge is -2.33. The van der Waals surface area contributed by atoms with Gasteiger partial charge < -0.3 is 5.73 Å². The number of nitrogens with two attached hydrogens (primary N) is 1. The summed E-state index contributed by atoms with van der Waals surface area (Å²) in [4.78, 5) is 9.42. The van der Waals surface area contributed by atoms with Gasteiger partial charge in [-0.15, -0.1) is 0 Å². The summed E-state index contributed by atoms with van der Waals surface area (Å²) in [7, 11) is 0. The molecule has 112 valence electrons. The molecule has 0 saturated heterocycles. The molecule has 0 unspecified atom stereocenters. The van der Waals surface area contributed by atoms with Gasteiger partial charge in [-0.3, -0.25) is 0 Å². The fraction of sp³-hybridized carbons (Fsp3) is 0.750. The monoisotopic (exact) mass is 387 g/mol. The van der Waals surface area contributed by atoms with E-state index >= 15 is 0 Å². The maximum absolute atomic E-state index is 6.10. The third-order valence-electron chi connectivity index (χ3n) is 4.27. The van der Waals surface area contributed by atoms with Crippen LogP contribution in [0.1, 0.15) is 70.8 Å². The summed E-state index contributed by atoms with van der Waals surface area (Å²) in [6, 6.07) is 0. The summed E-state index contributed by atoms with van der Waals surface area (Å²) < 4.78 is 1.04. The number of hydrogen-bond donors (Lipinski definition) is 1. The predicted molar refractivity (Wildman–Crippen MR) is 92.7 cm³/mol. The number of hydrogen-bond acceptors (Lipinski definition) is 3. The summed E-state index contributed by atoms with van der Waals surface area (Å²) in [6.07, 6.45) is 5.87. The van der Waals surface area contributed by atoms with Crippen LogP contribution >= 0.6 is 22.6 Å². The lowest BCUT2D eigenvalue weighted by atomic mass is 9.73. The second kappa shape index (κ2) is 6.16. The van der Waals surface area contributed by atoms with E-state index in [2.05, 4.69) is 55.3 Å². The van der Waals surface area contributed by atoms with Crippen LogP contribution in [0.25, 0.3) is 0 Å². The van der Waals surface area contributed by atoms with Crippen LogP contribution in [0, 0.1) is 14.9 Å². The molecule has 1 aromatic heterocycles. The minimum atomic E-state index is 0.478. The molecule has 0 aliphatic heterocycles. The van der Waals surface area contributed by atoms with Gasteiger partial charge in [-0.25, -0.2) is 9.97 Å². The summed E-state index contributed by atoms with van der Waals surface area (Å²) in [5, 5.41) is 0. The number of aromatic nitrogens is 2. The van der Waals surface area contributed by atoms with Crippen molar-refractivity contribution in [2.45, 2.75) is 65.7 Å². The Kier molecular flexibility index (Phi) is 4.92. The highest BCUT2D eigenvalue weighted by atomic mass is 127. The first-order valence-corrected chi connectivity index (χ1v) is 8.68. The summed E-state index contributed by atoms with van der Waals surface area (Å²) in [5.74, 6) is 2.73. The number of anilines is 1. The van der Waals surface area contributed by atoms with Crippen LogP contribution in [-0.2, 0) is 6.42 Å². The van der Waals surface area contributed by atoms with Gasteiger partial charge in [-0.1, -0.05) is 27.7 Å². The Morgan fingerprint density at radius 3 is 2.40 bits per heavy atom. The van der Waals surface area contributed by atoms with E-state index in [9.17, 15) is 0 Å². The molecule has 0 bridgehead atoms. The van der Waals surface area contributed by atoms with E-state index in [1.54, 1.807) is 0 Å². The third kappa shape index (κ3) is 3.83. The molecular weight excluding hydrogens is 361 g/mol. The van der Waals surface area contributed by atoms with E-state index < -0.39 is 0 Å². The van der Waals surface area contributed by atoms with E-state index in [0.29, 0.717) is 23.1 Å². The predicted octanol–water partition coefficient (Wildman–Crippen LogP) is 4.55. The van der Waals surface area contributed by atoms with Crippen molar-refractivity contribution in [2.75, 3.05) is 5.73 Å². The molecule has 1 aliphatic carbocycles. The molecule has 1 aliphatic rings. The van der Waals surface area contributed by atoms with Gasteiger partial charge in [0.15, 0.2) is 0 Å². The average molecular weight is 387 g/mol. The van der Waals surface area contributed by atoms with Crippen molar-refractivity contribution in [3.63, 3.8) is 0 Å². The van der Waals surface area contributed by atoms with Crippen molar-refractivity contribution in [1.29, 1.82) is 0 Å². The number of nitrogens with zero attached hydrogens (tertiary/aromatic N) is 2. The van der Waals surface area contributed by atoms with Crippen LogP contribution in [-0.4, -0.2) is 9.97 Å². The fourth-order valence-corrected chi connectivity index (χ4v) is 3.36. The fourth-order valence-electron chi connectivity index (χ4n) is 2.89. The van der Waals surface area contributed by atoms with Gasteiger partial charge in [0.2, 0.25) is 0 Å². The molecular formula is C16H26IN3. The number of rotatable bonds is 3. The lowest BCUT2D eigenvalue weighted by Crippen LogP contribution is -2.22. The Balaban J connectivity index is 2.22. The van der Waals surface area contributed by atoms with E-state index in [1.165, 1.54) is 25.7 Å². The SMILES string of the molecule is CC(C)Cc1nc(C2CCC(C)(C)CC2)nc(N)c1I. The highest BCUT2D eigenvalue weighted by molar-refractivity contribution is 14.1. The summed E-state index contributed by atoms with van der Waals surface area (Å²) in [6.45, 7) is 9.15. The average Bonchev–Trinajstić information content (AvgIpc) is 2.34. The molecule has 2 rings (SSSR count). The second-order valence-electron chi connectivity index (χ2n) is 7.26. The Morgan fingerprint density at radius 2 is 1.85 bits per heavy atom. The molecule has 0 atom stereocenters. The van der Waals surface area contributed by atoms with Crippen LogP contribution in [0.4, 0.5) is 5.82 Å². The molecule has 1 fully saturated rings. The quantitative estimate of drug-likeness (QED) is 0.775. The van der Waals surface area contributed by atoms with E-state index in [1.807, 2.05) is 0 Å². The highest BCUT2D eigenvalue weighted by Gasteiger charge is 2.29. The lowest BCUT2D eigenvalue weighted by molar-refractivity contribution is 0.220. The number of nitrogen functional groups attached to an aromatic ring is 1. The highest BCUT2D eigenvalue weighted by Crippen LogP contribution is 2.41. The smallest absolute Gasteiger partial charge is 0.140 e. The largest absolute Gasteiger partial charge is 0.383 e. The zero-order chi connectivity index (χ0) is 14.9. The van der Waals surface area contributed by atoms with Gasteiger partial charge in [0.05, 0.1) is 9.26 Å². The van der Waals surface area contributed by atoms with Crippen molar-refractivity contribution in [1.82, 2.24) is 9.97 Å². The summed E-state index contributed by atoms with van der Waals surface area (Å²) >= 11 is 2.28. The van der Waals surface area contributed by atoms with Crippen molar-refractivity contribution in [3.8, 4) is 0 Å².